The minimum absolute atomic E-state index is 0.120. The number of halogens is 11. The van der Waals surface area contributed by atoms with Crippen molar-refractivity contribution < 1.29 is 57.8 Å². The van der Waals surface area contributed by atoms with E-state index in [1.807, 2.05) is 6.92 Å². The molecule has 200 valence electrons. The second kappa shape index (κ2) is 10.2. The van der Waals surface area contributed by atoms with Crippen molar-refractivity contribution in [2.45, 2.75) is 38.3 Å². The Morgan fingerprint density at radius 3 is 1.54 bits per heavy atom. The number of alkyl halides is 7. The first kappa shape index (κ1) is 28.2. The van der Waals surface area contributed by atoms with E-state index in [1.165, 1.54) is 12.1 Å². The molecule has 0 unspecified atom stereocenters. The van der Waals surface area contributed by atoms with Gasteiger partial charge in [-0.25, -0.2) is 22.3 Å². The predicted octanol–water partition coefficient (Wildman–Crippen LogP) is 8.58. The first-order valence-corrected chi connectivity index (χ1v) is 10.3. The zero-order valence-corrected chi connectivity index (χ0v) is 18.5. The van der Waals surface area contributed by atoms with Crippen LogP contribution in [-0.2, 0) is 23.4 Å². The van der Waals surface area contributed by atoms with Gasteiger partial charge in [-0.1, -0.05) is 37.6 Å². The van der Waals surface area contributed by atoms with Crippen LogP contribution in [0.5, 0.6) is 5.75 Å². The summed E-state index contributed by atoms with van der Waals surface area (Å²) in [5, 5.41) is 0. The Hall–Kier alpha value is -3.35. The first-order valence-electron chi connectivity index (χ1n) is 10.3. The summed E-state index contributed by atoms with van der Waals surface area (Å²) in [6.45, 7) is 1.94. The number of benzene rings is 3. The average molecular weight is 544 g/mol. The van der Waals surface area contributed by atoms with Gasteiger partial charge >= 0.3 is 18.6 Å². The third-order valence-electron chi connectivity index (χ3n) is 4.96. The van der Waals surface area contributed by atoms with E-state index < -0.39 is 58.7 Å². The highest BCUT2D eigenvalue weighted by Gasteiger charge is 2.50. The zero-order valence-electron chi connectivity index (χ0n) is 18.5. The van der Waals surface area contributed by atoms with Gasteiger partial charge in [0.15, 0.2) is 0 Å². The van der Waals surface area contributed by atoms with E-state index in [0.717, 1.165) is 18.4 Å². The highest BCUT2D eigenvalue weighted by Crippen LogP contribution is 2.42. The van der Waals surface area contributed by atoms with E-state index >= 15 is 0 Å². The number of hydrogen-bond acceptors (Lipinski definition) is 2. The third kappa shape index (κ3) is 6.51. The molecule has 0 saturated heterocycles. The third-order valence-corrected chi connectivity index (χ3v) is 4.96. The van der Waals surface area contributed by atoms with Crippen LogP contribution in [0.2, 0.25) is 0 Å². The molecule has 0 heterocycles. The standard InChI is InChI=1S/C24H15F11O2/c1-2-3-12-4-6-13(7-5-12)14-8-16(25)20(17(26)9-14)22(29,30)36-15-10-18(27)21(19(28)11-15)23(31,32)37-24(33,34)35/h4-11H,2-3H2,1H3. The molecule has 13 heteroatoms. The lowest BCUT2D eigenvalue weighted by atomic mass is 10.00. The second-order valence-electron chi connectivity index (χ2n) is 7.71. The molecule has 0 fully saturated rings. The minimum atomic E-state index is -6.01. The van der Waals surface area contributed by atoms with Crippen molar-refractivity contribution in [3.05, 3.63) is 88.5 Å². The summed E-state index contributed by atoms with van der Waals surface area (Å²) in [6.07, 6.45) is -14.9. The Labute approximate surface area is 202 Å². The maximum absolute atomic E-state index is 14.6. The molecule has 0 radical (unpaired) electrons. The largest absolute Gasteiger partial charge is 0.527 e. The van der Waals surface area contributed by atoms with Crippen molar-refractivity contribution in [2.24, 2.45) is 0 Å². The molecule has 3 aromatic carbocycles. The van der Waals surface area contributed by atoms with Crippen LogP contribution in [-0.4, -0.2) is 6.36 Å². The maximum Gasteiger partial charge on any atom is 0.527 e. The van der Waals surface area contributed by atoms with Crippen molar-refractivity contribution in [3.8, 4) is 16.9 Å². The van der Waals surface area contributed by atoms with Crippen molar-refractivity contribution in [1.82, 2.24) is 0 Å². The number of hydrogen-bond donors (Lipinski definition) is 0. The van der Waals surface area contributed by atoms with Gasteiger partial charge in [0.2, 0.25) is 0 Å². The van der Waals surface area contributed by atoms with Crippen LogP contribution in [0.1, 0.15) is 30.0 Å². The summed E-state index contributed by atoms with van der Waals surface area (Å²) in [5.74, 6) is -10.1. The van der Waals surface area contributed by atoms with Gasteiger partial charge in [-0.3, -0.25) is 0 Å². The maximum atomic E-state index is 14.6. The smallest absolute Gasteiger partial charge is 0.429 e. The highest BCUT2D eigenvalue weighted by molar-refractivity contribution is 5.64. The van der Waals surface area contributed by atoms with E-state index in [4.69, 9.17) is 0 Å². The Balaban J connectivity index is 1.92. The molecule has 0 saturated carbocycles. The van der Waals surface area contributed by atoms with Gasteiger partial charge in [0.1, 0.15) is 40.1 Å². The molecule has 37 heavy (non-hydrogen) atoms. The van der Waals surface area contributed by atoms with Crippen molar-refractivity contribution in [2.75, 3.05) is 0 Å². The molecule has 0 aliphatic heterocycles. The number of rotatable bonds is 8. The molecule has 2 nitrogen and oxygen atoms in total. The quantitative estimate of drug-likeness (QED) is 0.265. The van der Waals surface area contributed by atoms with E-state index in [1.54, 1.807) is 12.1 Å². The normalized spacial score (nSPS) is 12.6. The van der Waals surface area contributed by atoms with Crippen LogP contribution < -0.4 is 4.74 Å². The minimum Gasteiger partial charge on any atom is -0.429 e. The fraction of sp³-hybridized carbons (Fsp3) is 0.250. The van der Waals surface area contributed by atoms with Crippen molar-refractivity contribution in [1.29, 1.82) is 0 Å². The Morgan fingerprint density at radius 1 is 0.622 bits per heavy atom. The molecule has 3 rings (SSSR count). The molecule has 3 aromatic rings. The van der Waals surface area contributed by atoms with Gasteiger partial charge in [0, 0.05) is 12.1 Å². The molecule has 0 aliphatic rings. The van der Waals surface area contributed by atoms with Crippen LogP contribution in [0.4, 0.5) is 48.3 Å². The predicted molar refractivity (Wildman–Crippen MR) is 108 cm³/mol. The van der Waals surface area contributed by atoms with Crippen LogP contribution >= 0.6 is 0 Å². The molecule has 0 aromatic heterocycles. The number of aryl methyl sites for hydroxylation is 1. The van der Waals surface area contributed by atoms with E-state index in [9.17, 15) is 48.3 Å². The molecule has 0 aliphatic carbocycles. The molecule has 0 N–H and O–H groups in total. The number of ether oxygens (including phenoxy) is 2. The van der Waals surface area contributed by atoms with Gasteiger partial charge in [-0.2, -0.15) is 17.6 Å². The van der Waals surface area contributed by atoms with Crippen LogP contribution in [0.15, 0.2) is 48.5 Å². The molecular formula is C24H15F11O2. The summed E-state index contributed by atoms with van der Waals surface area (Å²) in [6, 6.07) is 6.86. The Kier molecular flexibility index (Phi) is 7.77. The first-order chi connectivity index (χ1) is 17.0. The molecule has 0 spiro atoms. The van der Waals surface area contributed by atoms with Gasteiger partial charge in [0.25, 0.3) is 0 Å². The summed E-state index contributed by atoms with van der Waals surface area (Å²) < 4.78 is 156. The van der Waals surface area contributed by atoms with Gasteiger partial charge in [-0.05, 0) is 35.2 Å². The van der Waals surface area contributed by atoms with Crippen LogP contribution in [0.25, 0.3) is 11.1 Å². The van der Waals surface area contributed by atoms with Crippen LogP contribution in [0, 0.1) is 23.3 Å². The average Bonchev–Trinajstić information content (AvgIpc) is 2.70. The van der Waals surface area contributed by atoms with Gasteiger partial charge < -0.3 is 4.74 Å². The van der Waals surface area contributed by atoms with E-state index in [0.29, 0.717) is 12.1 Å². The summed E-state index contributed by atoms with van der Waals surface area (Å²) in [7, 11) is 0. The fourth-order valence-corrected chi connectivity index (χ4v) is 3.45. The van der Waals surface area contributed by atoms with E-state index in [-0.39, 0.29) is 23.3 Å². The van der Waals surface area contributed by atoms with Gasteiger partial charge in [-0.15, -0.1) is 13.2 Å². The second-order valence-corrected chi connectivity index (χ2v) is 7.71. The zero-order chi connectivity index (χ0) is 27.8. The van der Waals surface area contributed by atoms with Crippen LogP contribution in [0.3, 0.4) is 0 Å². The van der Waals surface area contributed by atoms with Crippen molar-refractivity contribution in [3.63, 3.8) is 0 Å². The fourth-order valence-electron chi connectivity index (χ4n) is 3.45. The lowest BCUT2D eigenvalue weighted by Gasteiger charge is -2.22. The monoisotopic (exact) mass is 544 g/mol. The summed E-state index contributed by atoms with van der Waals surface area (Å²) >= 11 is 0. The van der Waals surface area contributed by atoms with Gasteiger partial charge in [0.05, 0.1) is 0 Å². The topological polar surface area (TPSA) is 18.5 Å². The lowest BCUT2D eigenvalue weighted by molar-refractivity contribution is -0.432. The Morgan fingerprint density at radius 2 is 1.08 bits per heavy atom. The molecule has 0 bridgehead atoms. The molecular weight excluding hydrogens is 529 g/mol. The van der Waals surface area contributed by atoms with E-state index in [2.05, 4.69) is 9.47 Å². The SMILES string of the molecule is CCCc1ccc(-c2cc(F)c(C(F)(F)Oc3cc(F)c(C(F)(F)OC(F)(F)F)c(F)c3)c(F)c2)cc1. The lowest BCUT2D eigenvalue weighted by Crippen LogP contribution is -2.30. The highest BCUT2D eigenvalue weighted by atomic mass is 19.4. The van der Waals surface area contributed by atoms with Crippen molar-refractivity contribution >= 4 is 0 Å². The summed E-state index contributed by atoms with van der Waals surface area (Å²) in [4.78, 5) is 0. The molecule has 0 amide bonds. The Bertz CT molecular complexity index is 1220. The summed E-state index contributed by atoms with van der Waals surface area (Å²) in [5.41, 5.74) is -3.42. The molecule has 0 atom stereocenters.